The zero-order valence-electron chi connectivity index (χ0n) is 15.0. The van der Waals surface area contributed by atoms with E-state index in [9.17, 15) is 14.7 Å². The predicted octanol–water partition coefficient (Wildman–Crippen LogP) is 3.32. The van der Waals surface area contributed by atoms with Crippen LogP contribution in [0.4, 0.5) is 4.79 Å². The Hall–Kier alpha value is -3.60. The van der Waals surface area contributed by atoms with E-state index in [1.165, 1.54) is 0 Å². The van der Waals surface area contributed by atoms with E-state index in [2.05, 4.69) is 10.3 Å². The molecule has 144 valence electrons. The molecule has 1 aliphatic heterocycles. The van der Waals surface area contributed by atoms with Crippen molar-refractivity contribution in [1.29, 1.82) is 5.26 Å². The van der Waals surface area contributed by atoms with Crippen LogP contribution in [0.2, 0.25) is 5.02 Å². The lowest BCUT2D eigenvalue weighted by molar-refractivity contribution is -0.125. The number of imide groups is 1. The summed E-state index contributed by atoms with van der Waals surface area (Å²) in [6.45, 7) is -0.441. The summed E-state index contributed by atoms with van der Waals surface area (Å²) in [6, 6.07) is 12.2. The number of aromatic amines is 1. The van der Waals surface area contributed by atoms with Gasteiger partial charge in [0, 0.05) is 27.7 Å². The molecule has 3 aromatic rings. The third-order valence-corrected chi connectivity index (χ3v) is 5.03. The summed E-state index contributed by atoms with van der Waals surface area (Å²) in [5.74, 6) is -0.540. The molecule has 2 heterocycles. The average molecular weight is 407 g/mol. The summed E-state index contributed by atoms with van der Waals surface area (Å²) in [7, 11) is 0. The van der Waals surface area contributed by atoms with E-state index in [1.54, 1.807) is 48.7 Å². The molecule has 29 heavy (non-hydrogen) atoms. The Morgan fingerprint density at radius 1 is 1.21 bits per heavy atom. The minimum atomic E-state index is -0.858. The van der Waals surface area contributed by atoms with E-state index in [1.807, 2.05) is 12.1 Å². The van der Waals surface area contributed by atoms with Crippen molar-refractivity contribution in [2.45, 2.75) is 6.04 Å². The number of halogens is 1. The van der Waals surface area contributed by atoms with Crippen molar-refractivity contribution >= 4 is 40.5 Å². The Kier molecular flexibility index (Phi) is 4.80. The molecule has 1 saturated heterocycles. The molecule has 2 aromatic carbocycles. The van der Waals surface area contributed by atoms with Crippen molar-refractivity contribution < 1.29 is 14.7 Å². The van der Waals surface area contributed by atoms with Gasteiger partial charge >= 0.3 is 6.03 Å². The van der Waals surface area contributed by atoms with Gasteiger partial charge in [-0.15, -0.1) is 0 Å². The van der Waals surface area contributed by atoms with Crippen molar-refractivity contribution in [2.75, 3.05) is 6.61 Å². The van der Waals surface area contributed by atoms with Gasteiger partial charge in [-0.1, -0.05) is 29.8 Å². The fourth-order valence-electron chi connectivity index (χ4n) is 3.34. The quantitative estimate of drug-likeness (QED) is 0.456. The monoisotopic (exact) mass is 406 g/mol. The number of H-pyrrole nitrogens is 1. The topological polar surface area (TPSA) is 109 Å². The summed E-state index contributed by atoms with van der Waals surface area (Å²) >= 11 is 5.99. The summed E-state index contributed by atoms with van der Waals surface area (Å²) in [5.41, 5.74) is 2.64. The van der Waals surface area contributed by atoms with Crippen LogP contribution in [0.3, 0.4) is 0 Å². The second-order valence-electron chi connectivity index (χ2n) is 6.53. The molecule has 7 nitrogen and oxygen atoms in total. The van der Waals surface area contributed by atoms with Crippen LogP contribution in [-0.4, -0.2) is 33.5 Å². The summed E-state index contributed by atoms with van der Waals surface area (Å²) in [4.78, 5) is 29.5. The number of aromatic nitrogens is 1. The Morgan fingerprint density at radius 2 is 1.97 bits per heavy atom. The number of amides is 3. The lowest BCUT2D eigenvalue weighted by atomic mass is 10.0. The largest absolute Gasteiger partial charge is 0.394 e. The molecule has 0 bridgehead atoms. The highest BCUT2D eigenvalue weighted by Crippen LogP contribution is 2.28. The van der Waals surface area contributed by atoms with Gasteiger partial charge in [0.15, 0.2) is 0 Å². The molecule has 0 radical (unpaired) electrons. The summed E-state index contributed by atoms with van der Waals surface area (Å²) in [5, 5.41) is 22.8. The van der Waals surface area contributed by atoms with Crippen LogP contribution in [-0.2, 0) is 4.79 Å². The Bertz CT molecular complexity index is 1190. The molecule has 0 saturated carbocycles. The molecule has 0 aliphatic carbocycles. The first-order valence-electron chi connectivity index (χ1n) is 8.75. The Balaban J connectivity index is 1.66. The Labute approximate surface area is 170 Å². The van der Waals surface area contributed by atoms with E-state index in [0.717, 1.165) is 21.4 Å². The van der Waals surface area contributed by atoms with Crippen LogP contribution in [0.1, 0.15) is 22.7 Å². The SMILES string of the molecule is N#Cc1ccc(C(CO)N2C(=O)N/C(=C\c3c[nH]c4cc(Cl)ccc34)C2=O)cc1. The molecule has 4 rings (SSSR count). The maximum atomic E-state index is 12.9. The van der Waals surface area contributed by atoms with E-state index in [0.29, 0.717) is 16.1 Å². The highest BCUT2D eigenvalue weighted by Gasteiger charge is 2.39. The van der Waals surface area contributed by atoms with Gasteiger partial charge in [-0.25, -0.2) is 9.69 Å². The lowest BCUT2D eigenvalue weighted by Gasteiger charge is -2.23. The number of nitriles is 1. The number of aliphatic hydroxyl groups excluding tert-OH is 1. The Morgan fingerprint density at radius 3 is 2.66 bits per heavy atom. The zero-order chi connectivity index (χ0) is 20.5. The number of urea groups is 1. The maximum Gasteiger partial charge on any atom is 0.329 e. The van der Waals surface area contributed by atoms with Gasteiger partial charge in [-0.05, 0) is 35.9 Å². The summed E-state index contributed by atoms with van der Waals surface area (Å²) < 4.78 is 0. The molecule has 1 aliphatic rings. The molecule has 1 atom stereocenters. The van der Waals surface area contributed by atoms with E-state index >= 15 is 0 Å². The van der Waals surface area contributed by atoms with Crippen molar-refractivity contribution in [3.63, 3.8) is 0 Å². The number of carbonyl (C=O) groups excluding carboxylic acids is 2. The lowest BCUT2D eigenvalue weighted by Crippen LogP contribution is -2.36. The first-order valence-corrected chi connectivity index (χ1v) is 9.13. The van der Waals surface area contributed by atoms with Crippen LogP contribution < -0.4 is 5.32 Å². The number of nitrogens with zero attached hydrogens (tertiary/aromatic N) is 2. The maximum absolute atomic E-state index is 12.9. The van der Waals surface area contributed by atoms with Crippen molar-refractivity contribution in [3.05, 3.63) is 76.1 Å². The van der Waals surface area contributed by atoms with Gasteiger partial charge in [0.2, 0.25) is 0 Å². The van der Waals surface area contributed by atoms with E-state index in [-0.39, 0.29) is 5.70 Å². The van der Waals surface area contributed by atoms with Crippen LogP contribution in [0, 0.1) is 11.3 Å². The minimum absolute atomic E-state index is 0.109. The van der Waals surface area contributed by atoms with Crippen molar-refractivity contribution in [1.82, 2.24) is 15.2 Å². The van der Waals surface area contributed by atoms with Gasteiger partial charge in [-0.2, -0.15) is 5.26 Å². The minimum Gasteiger partial charge on any atom is -0.394 e. The molecular weight excluding hydrogens is 392 g/mol. The van der Waals surface area contributed by atoms with Gasteiger partial charge < -0.3 is 15.4 Å². The molecule has 1 aromatic heterocycles. The fraction of sp³-hybridized carbons (Fsp3) is 0.0952. The first-order chi connectivity index (χ1) is 14.0. The number of nitrogens with one attached hydrogen (secondary N) is 2. The number of hydrogen-bond donors (Lipinski definition) is 3. The predicted molar refractivity (Wildman–Crippen MR) is 108 cm³/mol. The third kappa shape index (κ3) is 3.36. The van der Waals surface area contributed by atoms with Crippen LogP contribution in [0.5, 0.6) is 0 Å². The molecule has 8 heteroatoms. The van der Waals surface area contributed by atoms with E-state index in [4.69, 9.17) is 16.9 Å². The van der Waals surface area contributed by atoms with Crippen molar-refractivity contribution in [3.8, 4) is 6.07 Å². The van der Waals surface area contributed by atoms with Crippen LogP contribution >= 0.6 is 11.6 Å². The number of carbonyl (C=O) groups is 2. The van der Waals surface area contributed by atoms with E-state index < -0.39 is 24.6 Å². The fourth-order valence-corrected chi connectivity index (χ4v) is 3.52. The standard InChI is InChI=1S/C21H15ClN4O3/c22-15-5-6-16-14(10-24-17(16)8-15)7-18-20(28)26(21(29)25-18)19(11-27)13-3-1-12(9-23)2-4-13/h1-8,10,19,24,27H,11H2,(H,25,29)/b18-7-. The molecule has 1 fully saturated rings. The van der Waals surface area contributed by atoms with Gasteiger partial charge in [-0.3, -0.25) is 4.79 Å². The highest BCUT2D eigenvalue weighted by molar-refractivity contribution is 6.31. The molecular formula is C21H15ClN4O3. The number of rotatable bonds is 4. The smallest absolute Gasteiger partial charge is 0.329 e. The van der Waals surface area contributed by atoms with Crippen LogP contribution in [0.25, 0.3) is 17.0 Å². The number of benzene rings is 2. The van der Waals surface area contributed by atoms with Gasteiger partial charge in [0.1, 0.15) is 5.70 Å². The molecule has 3 amide bonds. The average Bonchev–Trinajstić information content (AvgIpc) is 3.24. The zero-order valence-corrected chi connectivity index (χ0v) is 15.8. The second-order valence-corrected chi connectivity index (χ2v) is 6.97. The highest BCUT2D eigenvalue weighted by atomic mass is 35.5. The number of fused-ring (bicyclic) bond motifs is 1. The molecule has 0 spiro atoms. The van der Waals surface area contributed by atoms with Gasteiger partial charge in [0.25, 0.3) is 5.91 Å². The van der Waals surface area contributed by atoms with Gasteiger partial charge in [0.05, 0.1) is 24.3 Å². The normalized spacial score (nSPS) is 16.3. The molecule has 1 unspecified atom stereocenters. The first kappa shape index (κ1) is 18.7. The number of aliphatic hydroxyl groups is 1. The molecule has 3 N–H and O–H groups in total. The second kappa shape index (κ2) is 7.43. The summed E-state index contributed by atoms with van der Waals surface area (Å²) in [6.07, 6.45) is 3.31. The van der Waals surface area contributed by atoms with Crippen LogP contribution in [0.15, 0.2) is 54.4 Å². The third-order valence-electron chi connectivity index (χ3n) is 4.79. The number of hydrogen-bond acceptors (Lipinski definition) is 4. The van der Waals surface area contributed by atoms with Crippen molar-refractivity contribution in [2.24, 2.45) is 0 Å².